The Hall–Kier alpha value is -1.92. The van der Waals surface area contributed by atoms with Crippen molar-refractivity contribution in [2.45, 2.75) is 6.16 Å². The van der Waals surface area contributed by atoms with Crippen LogP contribution in [0, 0.1) is 0 Å². The van der Waals surface area contributed by atoms with Gasteiger partial charge in [-0.3, -0.25) is 0 Å². The second-order valence-electron chi connectivity index (χ2n) is 6.94. The van der Waals surface area contributed by atoms with Gasteiger partial charge in [0.05, 0.1) is 0 Å². The van der Waals surface area contributed by atoms with Gasteiger partial charge in [0.25, 0.3) is 0 Å². The van der Waals surface area contributed by atoms with Gasteiger partial charge in [0.1, 0.15) is 0 Å². The average Bonchev–Trinajstić information content (AvgIpc) is 2.77. The van der Waals surface area contributed by atoms with Crippen LogP contribution in [0.1, 0.15) is 5.56 Å². The van der Waals surface area contributed by atoms with Crippen LogP contribution in [0.5, 0.6) is 0 Å². The number of hydrogen-bond donors (Lipinski definition) is 0. The van der Waals surface area contributed by atoms with E-state index in [1.54, 1.807) is 0 Å². The van der Waals surface area contributed by atoms with E-state index in [4.69, 9.17) is 11.2 Å². The standard InChI is InChI=1S/C25H21BrClP/c26-25-19-11-10-12-21(25)20-28(27,22-13-4-1-5-14-22,23-15-6-2-7-16-23)24-17-8-3-9-18-24/h1-19H,20H2. The fourth-order valence-electron chi connectivity index (χ4n) is 3.88. The second kappa shape index (κ2) is 7.84. The first-order valence-corrected chi connectivity index (χ1v) is 13.4. The van der Waals surface area contributed by atoms with Gasteiger partial charge in [0.15, 0.2) is 0 Å². The number of hydrogen-bond acceptors (Lipinski definition) is 0. The van der Waals surface area contributed by atoms with Gasteiger partial charge in [-0.15, -0.1) is 0 Å². The van der Waals surface area contributed by atoms with Gasteiger partial charge in [0.2, 0.25) is 0 Å². The zero-order chi connectivity index (χ0) is 19.5. The molecule has 0 aromatic heterocycles. The Bertz CT molecular complexity index is 966. The molecule has 4 aromatic carbocycles. The number of rotatable bonds is 5. The molecule has 3 heteroatoms. The van der Waals surface area contributed by atoms with Crippen LogP contribution in [0.2, 0.25) is 0 Å². The van der Waals surface area contributed by atoms with Crippen molar-refractivity contribution in [2.24, 2.45) is 0 Å². The Labute approximate surface area is 180 Å². The summed E-state index contributed by atoms with van der Waals surface area (Å²) < 4.78 is 1.09. The van der Waals surface area contributed by atoms with Crippen molar-refractivity contribution >= 4 is 49.0 Å². The molecular formula is C25H21BrClP. The zero-order valence-electron chi connectivity index (χ0n) is 15.4. The Morgan fingerprint density at radius 3 is 1.29 bits per heavy atom. The summed E-state index contributed by atoms with van der Waals surface area (Å²) in [5, 5.41) is 3.55. The molecule has 0 amide bonds. The van der Waals surface area contributed by atoms with Crippen molar-refractivity contribution in [1.82, 2.24) is 0 Å². The molecule has 0 aliphatic carbocycles. The minimum atomic E-state index is -3.27. The maximum atomic E-state index is 8.09. The summed E-state index contributed by atoms with van der Waals surface area (Å²) in [6.07, 6.45) is 0.743. The number of benzene rings is 4. The predicted molar refractivity (Wildman–Crippen MR) is 129 cm³/mol. The van der Waals surface area contributed by atoms with Gasteiger partial charge in [-0.25, -0.2) is 0 Å². The predicted octanol–water partition coefficient (Wildman–Crippen LogP) is 6.63. The van der Waals surface area contributed by atoms with Gasteiger partial charge in [-0.1, -0.05) is 0 Å². The van der Waals surface area contributed by atoms with E-state index >= 15 is 0 Å². The molecule has 28 heavy (non-hydrogen) atoms. The normalized spacial score (nSPS) is 12.9. The van der Waals surface area contributed by atoms with E-state index in [0.717, 1.165) is 10.6 Å². The molecule has 0 atom stereocenters. The number of halogens is 2. The maximum absolute atomic E-state index is 8.09. The molecule has 0 saturated carbocycles. The van der Waals surface area contributed by atoms with Crippen LogP contribution in [0.4, 0.5) is 0 Å². The molecule has 4 rings (SSSR count). The first-order chi connectivity index (χ1) is 13.6. The summed E-state index contributed by atoms with van der Waals surface area (Å²) >= 11 is 11.8. The van der Waals surface area contributed by atoms with E-state index in [0.29, 0.717) is 0 Å². The van der Waals surface area contributed by atoms with Gasteiger partial charge in [-0.05, 0) is 0 Å². The molecule has 0 heterocycles. The van der Waals surface area contributed by atoms with Crippen molar-refractivity contribution < 1.29 is 0 Å². The van der Waals surface area contributed by atoms with Gasteiger partial charge >= 0.3 is 180 Å². The third kappa shape index (κ3) is 3.22. The summed E-state index contributed by atoms with van der Waals surface area (Å²) in [6.45, 7) is 0. The van der Waals surface area contributed by atoms with Crippen LogP contribution in [-0.4, -0.2) is 0 Å². The Morgan fingerprint density at radius 1 is 0.536 bits per heavy atom. The molecule has 0 unspecified atom stereocenters. The monoisotopic (exact) mass is 466 g/mol. The topological polar surface area (TPSA) is 0 Å². The third-order valence-corrected chi connectivity index (χ3v) is 13.3. The second-order valence-corrected chi connectivity index (χ2v) is 14.3. The van der Waals surface area contributed by atoms with Crippen LogP contribution < -0.4 is 15.9 Å². The van der Waals surface area contributed by atoms with Crippen molar-refractivity contribution in [3.05, 3.63) is 125 Å². The van der Waals surface area contributed by atoms with Crippen LogP contribution >= 0.6 is 33.1 Å². The Morgan fingerprint density at radius 2 is 0.893 bits per heavy atom. The Balaban J connectivity index is 2.11. The van der Waals surface area contributed by atoms with Crippen LogP contribution in [0.15, 0.2) is 120 Å². The fourth-order valence-corrected chi connectivity index (χ4v) is 10.7. The molecule has 0 nitrogen and oxygen atoms in total. The van der Waals surface area contributed by atoms with Crippen molar-refractivity contribution in [2.75, 3.05) is 0 Å². The molecule has 4 aromatic rings. The third-order valence-electron chi connectivity index (χ3n) is 5.31. The molecular weight excluding hydrogens is 447 g/mol. The van der Waals surface area contributed by atoms with Crippen molar-refractivity contribution in [3.8, 4) is 0 Å². The van der Waals surface area contributed by atoms with E-state index in [2.05, 4.69) is 125 Å². The van der Waals surface area contributed by atoms with Crippen LogP contribution in [0.25, 0.3) is 0 Å². The minimum absolute atomic E-state index is 0.743. The van der Waals surface area contributed by atoms with Crippen LogP contribution in [0.3, 0.4) is 0 Å². The average molecular weight is 468 g/mol. The first-order valence-electron chi connectivity index (χ1n) is 9.26. The van der Waals surface area contributed by atoms with Crippen LogP contribution in [-0.2, 0) is 6.16 Å². The molecule has 0 saturated heterocycles. The van der Waals surface area contributed by atoms with E-state index in [1.165, 1.54) is 21.5 Å². The van der Waals surface area contributed by atoms with Gasteiger partial charge in [-0.2, -0.15) is 0 Å². The molecule has 0 fully saturated rings. The molecule has 0 aliphatic rings. The Kier molecular flexibility index (Phi) is 5.43. The SMILES string of the molecule is ClP(Cc1ccccc1Br)(c1ccccc1)(c1ccccc1)c1ccccc1. The van der Waals surface area contributed by atoms with Gasteiger partial charge in [0, 0.05) is 0 Å². The molecule has 0 aliphatic heterocycles. The van der Waals surface area contributed by atoms with E-state index < -0.39 is 5.96 Å². The first kappa shape index (κ1) is 19.4. The molecule has 140 valence electrons. The fraction of sp³-hybridized carbons (Fsp3) is 0.0400. The molecule has 0 N–H and O–H groups in total. The van der Waals surface area contributed by atoms with Crippen molar-refractivity contribution in [1.29, 1.82) is 0 Å². The summed E-state index contributed by atoms with van der Waals surface area (Å²) in [6, 6.07) is 40.2. The summed E-state index contributed by atoms with van der Waals surface area (Å²) in [5.41, 5.74) is 1.21. The van der Waals surface area contributed by atoms with E-state index in [-0.39, 0.29) is 0 Å². The zero-order valence-corrected chi connectivity index (χ0v) is 18.6. The molecule has 0 bridgehead atoms. The van der Waals surface area contributed by atoms with E-state index in [9.17, 15) is 0 Å². The van der Waals surface area contributed by atoms with E-state index in [1.807, 2.05) is 6.07 Å². The summed E-state index contributed by atoms with van der Waals surface area (Å²) in [5.74, 6) is -3.27. The molecule has 0 spiro atoms. The molecule has 0 radical (unpaired) electrons. The van der Waals surface area contributed by atoms with Crippen molar-refractivity contribution in [3.63, 3.8) is 0 Å². The quantitative estimate of drug-likeness (QED) is 0.289. The summed E-state index contributed by atoms with van der Waals surface area (Å²) in [4.78, 5) is 0. The van der Waals surface area contributed by atoms with Gasteiger partial charge < -0.3 is 0 Å². The summed E-state index contributed by atoms with van der Waals surface area (Å²) in [7, 11) is 0.